The highest BCUT2D eigenvalue weighted by atomic mass is 16.6. The minimum Gasteiger partial charge on any atom is -0.467 e. The maximum atomic E-state index is 13.6. The van der Waals surface area contributed by atoms with Crippen molar-refractivity contribution in [3.63, 3.8) is 0 Å². The molecule has 0 unspecified atom stereocenters. The van der Waals surface area contributed by atoms with Crippen LogP contribution in [0.2, 0.25) is 0 Å². The van der Waals surface area contributed by atoms with Crippen molar-refractivity contribution in [2.45, 2.75) is 97.1 Å². The number of esters is 1. The van der Waals surface area contributed by atoms with E-state index in [0.29, 0.717) is 19.4 Å². The van der Waals surface area contributed by atoms with Gasteiger partial charge in [-0.25, -0.2) is 14.4 Å². The van der Waals surface area contributed by atoms with Crippen molar-refractivity contribution >= 4 is 30.0 Å². The fourth-order valence-corrected chi connectivity index (χ4v) is 4.58. The van der Waals surface area contributed by atoms with Crippen molar-refractivity contribution in [2.24, 2.45) is 5.92 Å². The molecule has 2 aromatic carbocycles. The zero-order chi connectivity index (χ0) is 34.8. The summed E-state index contributed by atoms with van der Waals surface area (Å²) in [6, 6.07) is 15.3. The molecule has 12 heteroatoms. The Morgan fingerprint density at radius 3 is 1.87 bits per heavy atom. The number of rotatable bonds is 17. The van der Waals surface area contributed by atoms with Crippen LogP contribution in [0.15, 0.2) is 60.7 Å². The number of benzene rings is 2. The van der Waals surface area contributed by atoms with Crippen LogP contribution in [0.3, 0.4) is 0 Å². The van der Waals surface area contributed by atoms with Gasteiger partial charge in [-0.2, -0.15) is 0 Å². The minimum absolute atomic E-state index is 0.0120. The van der Waals surface area contributed by atoms with Gasteiger partial charge in [0.25, 0.3) is 0 Å². The number of nitrogens with one attached hydrogen (secondary N) is 4. The molecule has 0 aromatic heterocycles. The lowest BCUT2D eigenvalue weighted by molar-refractivity contribution is -0.145. The van der Waals surface area contributed by atoms with Gasteiger partial charge < -0.3 is 35.5 Å². The van der Waals surface area contributed by atoms with E-state index in [1.165, 1.54) is 7.11 Å². The van der Waals surface area contributed by atoms with Crippen molar-refractivity contribution in [1.29, 1.82) is 0 Å². The third-order valence-electron chi connectivity index (χ3n) is 6.83. The number of unbranched alkanes of at least 4 members (excludes halogenated alkanes) is 1. The van der Waals surface area contributed by atoms with Crippen LogP contribution in [-0.4, -0.2) is 67.4 Å². The average Bonchev–Trinajstić information content (AvgIpc) is 3.01. The van der Waals surface area contributed by atoms with E-state index in [2.05, 4.69) is 21.3 Å². The maximum absolute atomic E-state index is 13.6. The van der Waals surface area contributed by atoms with Crippen LogP contribution in [0.1, 0.15) is 71.4 Å². The molecule has 0 heterocycles. The molecule has 0 aliphatic rings. The standard InChI is InChI=1S/C35H50N4O8/c1-24(2)21-28(30(40)37-27(32(42)45-6)19-13-14-20-36-33(43)47-35(3,4)5)38-31(41)29(22-25-15-9-7-10-16-25)39-34(44)46-23-26-17-11-8-12-18-26/h7-12,15-18,24,27-29H,13-14,19-23H2,1-6H3,(H,36,43)(H,37,40)(H,38,41)(H,39,44)/t27-,28-,29+/m1/s1. The van der Waals surface area contributed by atoms with Gasteiger partial charge in [-0.15, -0.1) is 0 Å². The van der Waals surface area contributed by atoms with Gasteiger partial charge in [0.15, 0.2) is 0 Å². The van der Waals surface area contributed by atoms with Gasteiger partial charge in [0.1, 0.15) is 30.3 Å². The van der Waals surface area contributed by atoms with E-state index < -0.39 is 53.7 Å². The largest absolute Gasteiger partial charge is 0.467 e. The number of carbonyl (C=O) groups is 5. The monoisotopic (exact) mass is 654 g/mol. The summed E-state index contributed by atoms with van der Waals surface area (Å²) in [6.45, 7) is 9.47. The summed E-state index contributed by atoms with van der Waals surface area (Å²) in [7, 11) is 1.23. The number of hydrogen-bond acceptors (Lipinski definition) is 8. The average molecular weight is 655 g/mol. The van der Waals surface area contributed by atoms with Crippen LogP contribution in [0, 0.1) is 5.92 Å². The topological polar surface area (TPSA) is 161 Å². The van der Waals surface area contributed by atoms with Gasteiger partial charge in [-0.3, -0.25) is 9.59 Å². The third-order valence-corrected chi connectivity index (χ3v) is 6.83. The Hall–Kier alpha value is -4.61. The Kier molecular flexibility index (Phi) is 16.3. The second-order valence-corrected chi connectivity index (χ2v) is 12.6. The molecule has 0 radical (unpaired) electrons. The number of amides is 4. The van der Waals surface area contributed by atoms with E-state index in [4.69, 9.17) is 14.2 Å². The molecule has 2 rings (SSSR count). The molecule has 2 aromatic rings. The summed E-state index contributed by atoms with van der Waals surface area (Å²) in [5, 5.41) is 10.8. The lowest BCUT2D eigenvalue weighted by Crippen LogP contribution is -2.56. The van der Waals surface area contributed by atoms with Gasteiger partial charge in [-0.1, -0.05) is 74.5 Å². The first-order valence-electron chi connectivity index (χ1n) is 15.9. The Morgan fingerprint density at radius 2 is 1.30 bits per heavy atom. The second kappa shape index (κ2) is 19.8. The van der Waals surface area contributed by atoms with E-state index >= 15 is 0 Å². The summed E-state index contributed by atoms with van der Waals surface area (Å²) in [5.41, 5.74) is 0.975. The fraction of sp³-hybridized carbons (Fsp3) is 0.514. The number of carbonyl (C=O) groups excluding carboxylic acids is 5. The molecule has 0 fully saturated rings. The summed E-state index contributed by atoms with van der Waals surface area (Å²) in [4.78, 5) is 64.3. The van der Waals surface area contributed by atoms with E-state index in [-0.39, 0.29) is 31.8 Å². The van der Waals surface area contributed by atoms with Gasteiger partial charge >= 0.3 is 18.2 Å². The predicted octanol–water partition coefficient (Wildman–Crippen LogP) is 4.41. The van der Waals surface area contributed by atoms with Crippen LogP contribution in [0.5, 0.6) is 0 Å². The highest BCUT2D eigenvalue weighted by Gasteiger charge is 2.31. The molecule has 4 N–H and O–H groups in total. The summed E-state index contributed by atoms with van der Waals surface area (Å²) in [6.07, 6.45) is 0.399. The Morgan fingerprint density at radius 1 is 0.723 bits per heavy atom. The third kappa shape index (κ3) is 16.0. The van der Waals surface area contributed by atoms with Crippen molar-refractivity contribution < 1.29 is 38.2 Å². The number of alkyl carbamates (subject to hydrolysis) is 2. The van der Waals surface area contributed by atoms with E-state index in [9.17, 15) is 24.0 Å². The van der Waals surface area contributed by atoms with E-state index in [0.717, 1.165) is 11.1 Å². The van der Waals surface area contributed by atoms with Crippen LogP contribution < -0.4 is 21.3 Å². The smallest absolute Gasteiger partial charge is 0.408 e. The number of methoxy groups -OCH3 is 1. The molecule has 12 nitrogen and oxygen atoms in total. The molecular weight excluding hydrogens is 604 g/mol. The van der Waals surface area contributed by atoms with Crippen LogP contribution in [0.25, 0.3) is 0 Å². The molecule has 0 spiro atoms. The quantitative estimate of drug-likeness (QED) is 0.111. The van der Waals surface area contributed by atoms with Gasteiger partial charge in [0, 0.05) is 13.0 Å². The van der Waals surface area contributed by atoms with Gasteiger partial charge in [-0.05, 0) is 63.5 Å². The zero-order valence-corrected chi connectivity index (χ0v) is 28.3. The highest BCUT2D eigenvalue weighted by molar-refractivity contribution is 5.93. The van der Waals surface area contributed by atoms with Crippen LogP contribution >= 0.6 is 0 Å². The lowest BCUT2D eigenvalue weighted by atomic mass is 10.0. The summed E-state index contributed by atoms with van der Waals surface area (Å²) < 4.78 is 15.5. The van der Waals surface area contributed by atoms with E-state index in [1.807, 2.05) is 74.5 Å². The first-order chi connectivity index (χ1) is 22.3. The van der Waals surface area contributed by atoms with Crippen molar-refractivity contribution in [3.8, 4) is 0 Å². The predicted molar refractivity (Wildman–Crippen MR) is 177 cm³/mol. The molecule has 258 valence electrons. The van der Waals surface area contributed by atoms with Gasteiger partial charge in [0.2, 0.25) is 11.8 Å². The molecule has 4 amide bonds. The Labute approximate surface area is 277 Å². The molecule has 0 aliphatic heterocycles. The molecule has 0 aliphatic carbocycles. The normalized spacial score (nSPS) is 13.0. The highest BCUT2D eigenvalue weighted by Crippen LogP contribution is 2.11. The first-order valence-corrected chi connectivity index (χ1v) is 15.9. The number of ether oxygens (including phenoxy) is 3. The van der Waals surface area contributed by atoms with Gasteiger partial charge in [0.05, 0.1) is 7.11 Å². The maximum Gasteiger partial charge on any atom is 0.408 e. The molecule has 0 saturated heterocycles. The molecule has 47 heavy (non-hydrogen) atoms. The van der Waals surface area contributed by atoms with Crippen molar-refractivity contribution in [2.75, 3.05) is 13.7 Å². The zero-order valence-electron chi connectivity index (χ0n) is 28.3. The van der Waals surface area contributed by atoms with Crippen LogP contribution in [0.4, 0.5) is 9.59 Å². The SMILES string of the molecule is COC(=O)[C@@H](CCCCNC(=O)OC(C)(C)C)NC(=O)[C@@H](CC(C)C)NC(=O)[C@H](Cc1ccccc1)NC(=O)OCc1ccccc1. The van der Waals surface area contributed by atoms with E-state index in [1.54, 1.807) is 20.8 Å². The van der Waals surface area contributed by atoms with Crippen molar-refractivity contribution in [3.05, 3.63) is 71.8 Å². The summed E-state index contributed by atoms with van der Waals surface area (Å²) in [5.74, 6) is -1.75. The molecule has 3 atom stereocenters. The van der Waals surface area contributed by atoms with Crippen LogP contribution in [-0.2, 0) is 41.6 Å². The number of hydrogen-bond donors (Lipinski definition) is 4. The summed E-state index contributed by atoms with van der Waals surface area (Å²) >= 11 is 0. The Bertz CT molecular complexity index is 1280. The molecular formula is C35H50N4O8. The lowest BCUT2D eigenvalue weighted by Gasteiger charge is -2.26. The molecule has 0 saturated carbocycles. The minimum atomic E-state index is -1.04. The fourth-order valence-electron chi connectivity index (χ4n) is 4.58. The Balaban J connectivity index is 2.07. The van der Waals surface area contributed by atoms with Crippen molar-refractivity contribution in [1.82, 2.24) is 21.3 Å². The molecule has 0 bridgehead atoms. The second-order valence-electron chi connectivity index (χ2n) is 12.6. The first kappa shape index (κ1) is 38.6.